The molecule has 0 aliphatic heterocycles. The number of rotatable bonds is 2. The van der Waals surface area contributed by atoms with E-state index in [1.54, 1.807) is 18.4 Å². The van der Waals surface area contributed by atoms with E-state index >= 15 is 0 Å². The maximum Gasteiger partial charge on any atom is 0.251 e. The van der Waals surface area contributed by atoms with Crippen molar-refractivity contribution in [2.75, 3.05) is 0 Å². The Morgan fingerprint density at radius 1 is 1.58 bits per heavy atom. The molecule has 1 rings (SSSR count). The molecule has 0 saturated carbocycles. The number of carbonyl (C=O) groups excluding carboxylic acids is 1. The average Bonchev–Trinajstić information content (AvgIpc) is 2.05. The van der Waals surface area contributed by atoms with Gasteiger partial charge in [-0.05, 0) is 6.08 Å². The normalized spacial score (nSPS) is 33.2. The van der Waals surface area contributed by atoms with Crippen LogP contribution >= 0.6 is 0 Å². The molecule has 0 heterocycles. The van der Waals surface area contributed by atoms with Crippen LogP contribution in [-0.4, -0.2) is 16.7 Å². The second kappa shape index (κ2) is 2.89. The Kier molecular flexibility index (Phi) is 2.08. The molecule has 2 unspecified atom stereocenters. The van der Waals surface area contributed by atoms with Crippen LogP contribution in [0.1, 0.15) is 6.92 Å². The summed E-state index contributed by atoms with van der Waals surface area (Å²) in [5, 5.41) is 10.6. The fourth-order valence-corrected chi connectivity index (χ4v) is 1.06. The van der Waals surface area contributed by atoms with Gasteiger partial charge in [-0.15, -0.1) is 0 Å². The van der Waals surface area contributed by atoms with Crippen LogP contribution in [0.2, 0.25) is 0 Å². The summed E-state index contributed by atoms with van der Waals surface area (Å²) in [6.07, 6.45) is 7.71. The van der Waals surface area contributed by atoms with E-state index < -0.39 is 16.4 Å². The molecule has 63 valence electrons. The third-order valence-electron chi connectivity index (χ3n) is 2.00. The van der Waals surface area contributed by atoms with Gasteiger partial charge in [0.2, 0.25) is 6.29 Å². The van der Waals surface area contributed by atoms with Crippen LogP contribution in [0, 0.1) is 16.0 Å². The van der Waals surface area contributed by atoms with Crippen molar-refractivity contribution >= 4 is 6.29 Å². The predicted molar refractivity (Wildman–Crippen MR) is 42.9 cm³/mol. The summed E-state index contributed by atoms with van der Waals surface area (Å²) in [6.45, 7) is 1.41. The first kappa shape index (κ1) is 8.64. The molecule has 0 aromatic carbocycles. The summed E-state index contributed by atoms with van der Waals surface area (Å²) in [5.41, 5.74) is -1.32. The van der Waals surface area contributed by atoms with Gasteiger partial charge in [-0.2, -0.15) is 0 Å². The summed E-state index contributed by atoms with van der Waals surface area (Å²) in [4.78, 5) is 20.5. The number of hydrogen-bond donors (Lipinski definition) is 0. The molecule has 0 aromatic rings. The quantitative estimate of drug-likeness (QED) is 0.451. The molecule has 0 bridgehead atoms. The maximum atomic E-state index is 10.6. The predicted octanol–water partition coefficient (Wildman–Crippen LogP) is 0.874. The molecule has 4 nitrogen and oxygen atoms in total. The largest absolute Gasteiger partial charge is 0.290 e. The van der Waals surface area contributed by atoms with Crippen molar-refractivity contribution in [2.24, 2.45) is 5.92 Å². The zero-order chi connectivity index (χ0) is 9.19. The molecular weight excluding hydrogens is 158 g/mol. The van der Waals surface area contributed by atoms with E-state index in [9.17, 15) is 14.9 Å². The van der Waals surface area contributed by atoms with Crippen LogP contribution in [0.25, 0.3) is 0 Å². The standard InChI is InChI=1S/C8H8NO3/c1-8(9(11)12)5-3-2-4-7(8)6-10/h2-5,7H,1H3. The molecule has 0 saturated heterocycles. The Hall–Kier alpha value is -1.45. The van der Waals surface area contributed by atoms with Gasteiger partial charge in [0.25, 0.3) is 5.54 Å². The third-order valence-corrected chi connectivity index (χ3v) is 2.00. The van der Waals surface area contributed by atoms with Crippen LogP contribution in [0.15, 0.2) is 24.3 Å². The molecule has 0 fully saturated rings. The number of hydrogen-bond acceptors (Lipinski definition) is 3. The number of nitro groups is 1. The highest BCUT2D eigenvalue weighted by molar-refractivity contribution is 5.61. The lowest BCUT2D eigenvalue weighted by molar-refractivity contribution is -0.554. The van der Waals surface area contributed by atoms with Crippen molar-refractivity contribution in [3.05, 3.63) is 34.4 Å². The highest BCUT2D eigenvalue weighted by Crippen LogP contribution is 2.25. The van der Waals surface area contributed by atoms with Crippen molar-refractivity contribution in [1.82, 2.24) is 0 Å². The molecule has 0 amide bonds. The van der Waals surface area contributed by atoms with Crippen molar-refractivity contribution in [2.45, 2.75) is 12.5 Å². The molecule has 12 heavy (non-hydrogen) atoms. The Morgan fingerprint density at radius 2 is 2.25 bits per heavy atom. The van der Waals surface area contributed by atoms with Crippen LogP contribution in [-0.2, 0) is 4.79 Å². The summed E-state index contributed by atoms with van der Waals surface area (Å²) in [5.74, 6) is -0.780. The Labute approximate surface area is 69.7 Å². The first-order chi connectivity index (χ1) is 5.61. The fourth-order valence-electron chi connectivity index (χ4n) is 1.06. The molecule has 1 aliphatic rings. The van der Waals surface area contributed by atoms with E-state index in [2.05, 4.69) is 0 Å². The zero-order valence-electron chi connectivity index (χ0n) is 6.56. The van der Waals surface area contributed by atoms with Crippen LogP contribution in [0.4, 0.5) is 0 Å². The lowest BCUT2D eigenvalue weighted by atomic mass is 9.84. The van der Waals surface area contributed by atoms with Gasteiger partial charge < -0.3 is 0 Å². The first-order valence-corrected chi connectivity index (χ1v) is 3.49. The van der Waals surface area contributed by atoms with Gasteiger partial charge in [-0.25, -0.2) is 0 Å². The molecule has 1 aliphatic carbocycles. The van der Waals surface area contributed by atoms with Crippen molar-refractivity contribution in [3.8, 4) is 0 Å². The van der Waals surface area contributed by atoms with Crippen molar-refractivity contribution < 1.29 is 9.72 Å². The Bertz CT molecular complexity index is 269. The van der Waals surface area contributed by atoms with Gasteiger partial charge >= 0.3 is 0 Å². The van der Waals surface area contributed by atoms with Crippen LogP contribution < -0.4 is 0 Å². The number of nitrogens with zero attached hydrogens (tertiary/aromatic N) is 1. The highest BCUT2D eigenvalue weighted by Gasteiger charge is 2.43. The third kappa shape index (κ3) is 1.15. The minimum atomic E-state index is -1.32. The SMILES string of the molecule is CC1([N+](=O)[O-])C=CC=CC1[C]=O. The minimum absolute atomic E-state index is 0.470. The van der Waals surface area contributed by atoms with E-state index in [0.29, 0.717) is 0 Å². The van der Waals surface area contributed by atoms with E-state index in [-0.39, 0.29) is 0 Å². The van der Waals surface area contributed by atoms with E-state index in [0.717, 1.165) is 0 Å². The van der Waals surface area contributed by atoms with E-state index in [1.807, 2.05) is 0 Å². The molecule has 0 N–H and O–H groups in total. The lowest BCUT2D eigenvalue weighted by Crippen LogP contribution is -2.41. The smallest absolute Gasteiger partial charge is 0.251 e. The molecule has 0 spiro atoms. The molecule has 1 radical (unpaired) electrons. The van der Waals surface area contributed by atoms with E-state index in [4.69, 9.17) is 0 Å². The average molecular weight is 166 g/mol. The van der Waals surface area contributed by atoms with Crippen LogP contribution in [0.5, 0.6) is 0 Å². The zero-order valence-corrected chi connectivity index (χ0v) is 6.56. The molecular formula is C8H8NO3. The van der Waals surface area contributed by atoms with Gasteiger partial charge in [0.1, 0.15) is 5.92 Å². The van der Waals surface area contributed by atoms with Crippen molar-refractivity contribution in [1.29, 1.82) is 0 Å². The van der Waals surface area contributed by atoms with Gasteiger partial charge in [0.15, 0.2) is 0 Å². The fraction of sp³-hybridized carbons (Fsp3) is 0.375. The summed E-state index contributed by atoms with van der Waals surface area (Å²) < 4.78 is 0. The minimum Gasteiger partial charge on any atom is -0.290 e. The van der Waals surface area contributed by atoms with Crippen LogP contribution in [0.3, 0.4) is 0 Å². The number of allylic oxidation sites excluding steroid dienone is 2. The second-order valence-corrected chi connectivity index (χ2v) is 2.82. The lowest BCUT2D eigenvalue weighted by Gasteiger charge is -2.21. The highest BCUT2D eigenvalue weighted by atomic mass is 16.6. The molecule has 0 aromatic heterocycles. The Morgan fingerprint density at radius 3 is 2.67 bits per heavy atom. The monoisotopic (exact) mass is 166 g/mol. The Balaban J connectivity index is 3.02. The molecule has 2 atom stereocenters. The van der Waals surface area contributed by atoms with Gasteiger partial charge in [-0.1, -0.05) is 18.2 Å². The van der Waals surface area contributed by atoms with Gasteiger partial charge in [0.05, 0.1) is 0 Å². The van der Waals surface area contributed by atoms with Crippen molar-refractivity contribution in [3.63, 3.8) is 0 Å². The summed E-state index contributed by atoms with van der Waals surface area (Å²) in [6, 6.07) is 0. The molecule has 4 heteroatoms. The van der Waals surface area contributed by atoms with E-state index in [1.165, 1.54) is 19.1 Å². The first-order valence-electron chi connectivity index (χ1n) is 3.49. The van der Waals surface area contributed by atoms with Gasteiger partial charge in [-0.3, -0.25) is 14.9 Å². The summed E-state index contributed by atoms with van der Waals surface area (Å²) in [7, 11) is 0. The summed E-state index contributed by atoms with van der Waals surface area (Å²) >= 11 is 0. The van der Waals surface area contributed by atoms with Gasteiger partial charge in [0, 0.05) is 11.8 Å². The maximum absolute atomic E-state index is 10.6. The topological polar surface area (TPSA) is 60.2 Å². The second-order valence-electron chi connectivity index (χ2n) is 2.82.